The molecule has 0 aliphatic carbocycles. The molecule has 0 aliphatic heterocycles. The van der Waals surface area contributed by atoms with Crippen LogP contribution in [-0.4, -0.2) is 24.5 Å². The average Bonchev–Trinajstić information content (AvgIpc) is 3.90. The highest BCUT2D eigenvalue weighted by atomic mass is 32.1. The zero-order valence-electron chi connectivity index (χ0n) is 23.1. The summed E-state index contributed by atoms with van der Waals surface area (Å²) in [5, 5.41) is 9.46. The first-order valence-corrected chi connectivity index (χ1v) is 16.7. The van der Waals surface area contributed by atoms with Crippen LogP contribution in [0.1, 0.15) is 0 Å². The van der Waals surface area contributed by atoms with Crippen molar-refractivity contribution >= 4 is 66.0 Å². The second-order valence-corrected chi connectivity index (χ2v) is 13.3. The van der Waals surface area contributed by atoms with Gasteiger partial charge in [-0.2, -0.15) is 0 Å². The van der Waals surface area contributed by atoms with Gasteiger partial charge in [0.05, 0.1) is 26.9 Å². The van der Waals surface area contributed by atoms with Crippen LogP contribution in [0.4, 0.5) is 0 Å². The molecule has 0 saturated carbocycles. The van der Waals surface area contributed by atoms with Crippen molar-refractivity contribution in [2.45, 2.75) is 0 Å². The lowest BCUT2D eigenvalue weighted by molar-refractivity contribution is 1.18. The van der Waals surface area contributed by atoms with Crippen molar-refractivity contribution in [3.63, 3.8) is 0 Å². The van der Waals surface area contributed by atoms with Gasteiger partial charge in [-0.15, -0.1) is 34.0 Å². The first-order chi connectivity index (χ1) is 21.8. The van der Waals surface area contributed by atoms with E-state index in [1.165, 1.54) is 10.8 Å². The van der Waals surface area contributed by atoms with Crippen LogP contribution in [-0.2, 0) is 0 Å². The van der Waals surface area contributed by atoms with Gasteiger partial charge in [0, 0.05) is 68.1 Å². The molecule has 4 aromatic carbocycles. The van der Waals surface area contributed by atoms with Gasteiger partial charge in [0.1, 0.15) is 15.0 Å². The molecule has 0 radical (unpaired) electrons. The number of nitrogens with zero attached hydrogens (tertiary/aromatic N) is 5. The number of hydrogen-bond acceptors (Lipinski definition) is 7. The van der Waals surface area contributed by atoms with Crippen LogP contribution in [0.2, 0.25) is 0 Å². The third-order valence-electron chi connectivity index (χ3n) is 7.80. The SMILES string of the molecule is c1ccc(-c2cc(-c3nccs3)cc(-n3c4ccccc4c4ccc(-c5nc6ccc(-c7nccs7)cc6s5)cc43)c2)nc1. The lowest BCUT2D eigenvalue weighted by Crippen LogP contribution is -1.96. The molecule has 0 fully saturated rings. The zero-order valence-corrected chi connectivity index (χ0v) is 25.5. The number of para-hydroxylation sites is 1. The van der Waals surface area contributed by atoms with E-state index < -0.39 is 0 Å². The summed E-state index contributed by atoms with van der Waals surface area (Å²) in [5.41, 5.74) is 9.64. The summed E-state index contributed by atoms with van der Waals surface area (Å²) in [6, 6.07) is 34.4. The van der Waals surface area contributed by atoms with E-state index in [1.807, 2.05) is 41.5 Å². The first-order valence-electron chi connectivity index (χ1n) is 14.1. The monoisotopic (exact) mass is 619 g/mol. The quantitative estimate of drug-likeness (QED) is 0.192. The number of fused-ring (bicyclic) bond motifs is 4. The summed E-state index contributed by atoms with van der Waals surface area (Å²) in [6.45, 7) is 0. The Kier molecular flexibility index (Phi) is 5.97. The summed E-state index contributed by atoms with van der Waals surface area (Å²) >= 11 is 5.02. The first kappa shape index (κ1) is 25.5. The number of rotatable bonds is 5. The van der Waals surface area contributed by atoms with Gasteiger partial charge in [-0.05, 0) is 60.7 Å². The number of hydrogen-bond donors (Lipinski definition) is 0. The molecule has 9 aromatic rings. The fraction of sp³-hybridized carbons (Fsp3) is 0. The summed E-state index contributed by atoms with van der Waals surface area (Å²) in [7, 11) is 0. The van der Waals surface area contributed by atoms with E-state index in [0.29, 0.717) is 0 Å². The minimum absolute atomic E-state index is 0.931. The van der Waals surface area contributed by atoms with Gasteiger partial charge in [-0.25, -0.2) is 15.0 Å². The van der Waals surface area contributed by atoms with Crippen LogP contribution >= 0.6 is 34.0 Å². The molecule has 44 heavy (non-hydrogen) atoms. The largest absolute Gasteiger partial charge is 0.309 e. The van der Waals surface area contributed by atoms with Crippen molar-refractivity contribution in [3.8, 4) is 48.7 Å². The van der Waals surface area contributed by atoms with E-state index in [1.54, 1.807) is 34.0 Å². The molecule has 8 heteroatoms. The van der Waals surface area contributed by atoms with Crippen LogP contribution in [0.25, 0.3) is 80.7 Å². The molecule has 5 nitrogen and oxygen atoms in total. The summed E-state index contributed by atoms with van der Waals surface area (Å²) in [6.07, 6.45) is 5.55. The minimum Gasteiger partial charge on any atom is -0.309 e. The third kappa shape index (κ3) is 4.26. The van der Waals surface area contributed by atoms with Crippen LogP contribution in [0.15, 0.2) is 126 Å². The van der Waals surface area contributed by atoms with Gasteiger partial charge in [-0.1, -0.05) is 36.4 Å². The minimum atomic E-state index is 0.931. The maximum atomic E-state index is 5.05. The summed E-state index contributed by atoms with van der Waals surface area (Å²) in [4.78, 5) is 18.9. The molecule has 0 saturated heterocycles. The predicted molar refractivity (Wildman–Crippen MR) is 185 cm³/mol. The van der Waals surface area contributed by atoms with Crippen molar-refractivity contribution in [3.05, 3.63) is 126 Å². The molecule has 0 bridgehead atoms. The Morgan fingerprint density at radius 1 is 0.523 bits per heavy atom. The Bertz CT molecular complexity index is 2440. The Hall–Kier alpha value is -5.02. The number of thiazole rings is 3. The zero-order chi connectivity index (χ0) is 29.0. The van der Waals surface area contributed by atoms with Crippen molar-refractivity contribution in [1.82, 2.24) is 24.5 Å². The Morgan fingerprint density at radius 2 is 1.27 bits per heavy atom. The number of pyridine rings is 1. The average molecular weight is 620 g/mol. The predicted octanol–water partition coefficient (Wildman–Crippen LogP) is 10.4. The van der Waals surface area contributed by atoms with Crippen LogP contribution in [0.3, 0.4) is 0 Å². The Labute approximate surface area is 264 Å². The molecular formula is C36H21N5S3. The molecule has 5 aromatic heterocycles. The molecule has 0 unspecified atom stereocenters. The number of benzene rings is 4. The Morgan fingerprint density at radius 3 is 2.09 bits per heavy atom. The van der Waals surface area contributed by atoms with Gasteiger partial charge in [-0.3, -0.25) is 4.98 Å². The number of aromatic nitrogens is 5. The van der Waals surface area contributed by atoms with Crippen LogP contribution in [0.5, 0.6) is 0 Å². The molecule has 0 spiro atoms. The van der Waals surface area contributed by atoms with E-state index in [4.69, 9.17) is 4.98 Å². The molecular weight excluding hydrogens is 599 g/mol. The maximum Gasteiger partial charge on any atom is 0.124 e. The fourth-order valence-corrected chi connectivity index (χ4v) is 8.10. The van der Waals surface area contributed by atoms with Crippen molar-refractivity contribution < 1.29 is 0 Å². The lowest BCUT2D eigenvalue weighted by Gasteiger charge is -2.13. The van der Waals surface area contributed by atoms with Gasteiger partial charge < -0.3 is 4.57 Å². The van der Waals surface area contributed by atoms with Gasteiger partial charge >= 0.3 is 0 Å². The van der Waals surface area contributed by atoms with Crippen molar-refractivity contribution in [1.29, 1.82) is 0 Å². The maximum absolute atomic E-state index is 5.05. The highest BCUT2D eigenvalue weighted by Gasteiger charge is 2.17. The van der Waals surface area contributed by atoms with Gasteiger partial charge in [0.2, 0.25) is 0 Å². The molecule has 0 N–H and O–H groups in total. The molecule has 0 aliphatic rings. The standard InChI is InChI=1S/C36H21N5S3/c1-2-7-31-27(5-1)28-10-8-22(36-40-30-11-9-23(21-33(30)44-36)34-38-13-15-42-34)20-32(28)41(31)26-18-24(29-6-3-4-12-37-29)17-25(19-26)35-39-14-16-43-35/h1-21H. The highest BCUT2D eigenvalue weighted by Crippen LogP contribution is 2.39. The van der Waals surface area contributed by atoms with Crippen LogP contribution in [0, 0.1) is 0 Å². The van der Waals surface area contributed by atoms with Crippen LogP contribution < -0.4 is 0 Å². The molecule has 0 atom stereocenters. The second-order valence-electron chi connectivity index (χ2n) is 10.4. The topological polar surface area (TPSA) is 56.5 Å². The molecule has 9 rings (SSSR count). The molecule has 208 valence electrons. The van der Waals surface area contributed by atoms with E-state index in [2.05, 4.69) is 104 Å². The Balaban J connectivity index is 1.26. The summed E-state index contributed by atoms with van der Waals surface area (Å²) < 4.78 is 3.52. The molecule has 0 amide bonds. The summed E-state index contributed by atoms with van der Waals surface area (Å²) in [5.74, 6) is 0. The highest BCUT2D eigenvalue weighted by molar-refractivity contribution is 7.21. The van der Waals surface area contributed by atoms with Crippen molar-refractivity contribution in [2.75, 3.05) is 0 Å². The van der Waals surface area contributed by atoms with E-state index >= 15 is 0 Å². The third-order valence-corrected chi connectivity index (χ3v) is 10.5. The van der Waals surface area contributed by atoms with Gasteiger partial charge in [0.15, 0.2) is 0 Å². The van der Waals surface area contributed by atoms with E-state index in [-0.39, 0.29) is 0 Å². The van der Waals surface area contributed by atoms with Gasteiger partial charge in [0.25, 0.3) is 0 Å². The fourth-order valence-electron chi connectivity index (χ4n) is 5.84. The second kappa shape index (κ2) is 10.3. The normalized spacial score (nSPS) is 11.6. The molecule has 5 heterocycles. The lowest BCUT2D eigenvalue weighted by atomic mass is 10.1. The van der Waals surface area contributed by atoms with E-state index in [0.717, 1.165) is 69.9 Å². The smallest absolute Gasteiger partial charge is 0.124 e. The van der Waals surface area contributed by atoms with Crippen molar-refractivity contribution in [2.24, 2.45) is 0 Å². The van der Waals surface area contributed by atoms with E-state index in [9.17, 15) is 0 Å².